The number of hydrogen-bond donors (Lipinski definition) is 0. The first kappa shape index (κ1) is 7.65. The first-order valence-electron chi connectivity index (χ1n) is 2.13. The van der Waals surface area contributed by atoms with Gasteiger partial charge in [0.25, 0.3) is 0 Å². The van der Waals surface area contributed by atoms with Crippen LogP contribution in [0.25, 0.3) is 0 Å². The molecule has 0 aliphatic carbocycles. The molecule has 0 atom stereocenters. The fraction of sp³-hybridized carbons (Fsp3) is 1.00. The summed E-state index contributed by atoms with van der Waals surface area (Å²) >= 11 is -1.13. The number of hydrogen-bond acceptors (Lipinski definition) is 2. The molecule has 0 rings (SSSR count). The van der Waals surface area contributed by atoms with Gasteiger partial charge in [-0.3, -0.25) is 0 Å². The first-order valence-corrected chi connectivity index (χ1v) is 7.41. The number of nitrogens with zero attached hydrogens (tertiary/aromatic N) is 1. The summed E-state index contributed by atoms with van der Waals surface area (Å²) < 4.78 is 1.20. The van der Waals surface area contributed by atoms with Crippen molar-refractivity contribution >= 4 is 20.1 Å². The molecule has 0 fully saturated rings. The average Bonchev–Trinajstić information content (AvgIpc) is 1.65. The molecule has 7 heavy (non-hydrogen) atoms. The van der Waals surface area contributed by atoms with Gasteiger partial charge in [0.15, 0.2) is 0 Å². The zero-order chi connectivity index (χ0) is 5.86. The summed E-state index contributed by atoms with van der Waals surface area (Å²) in [6, 6.07) is 0. The molecule has 0 aromatic heterocycles. The van der Waals surface area contributed by atoms with Gasteiger partial charge in [-0.05, 0) is 0 Å². The maximum absolute atomic E-state index is 10.5. The Morgan fingerprint density at radius 2 is 2.00 bits per heavy atom. The van der Waals surface area contributed by atoms with Crippen LogP contribution in [0.3, 0.4) is 0 Å². The van der Waals surface area contributed by atoms with E-state index in [4.69, 9.17) is 0 Å². The maximum atomic E-state index is 10.5. The van der Waals surface area contributed by atoms with Crippen LogP contribution in [0.1, 0.15) is 6.92 Å². The second-order valence-electron chi connectivity index (χ2n) is 1.35. The fourth-order valence-corrected chi connectivity index (χ4v) is 1.60. The molecular weight excluding hydrogens is 205 g/mol. The Labute approximate surface area is 52.2 Å². The molecule has 0 aromatic carbocycles. The number of halogens is 1. The van der Waals surface area contributed by atoms with Crippen LogP contribution >= 0.6 is 20.1 Å². The molecule has 0 bridgehead atoms. The topological polar surface area (TPSA) is 26.3 Å². The molecule has 0 heterocycles. The van der Waals surface area contributed by atoms with Crippen LogP contribution in [0.2, 0.25) is 0 Å². The molecule has 0 N–H and O–H groups in total. The second-order valence-corrected chi connectivity index (χ2v) is 6.51. The van der Waals surface area contributed by atoms with Gasteiger partial charge in [0.1, 0.15) is 0 Å². The van der Waals surface area contributed by atoms with Crippen molar-refractivity contribution < 1.29 is 0 Å². The Morgan fingerprint density at radius 1 is 1.57 bits per heavy atom. The van der Waals surface area contributed by atoms with Crippen LogP contribution in [0.15, 0.2) is 0 Å². The van der Waals surface area contributed by atoms with E-state index in [2.05, 4.69) is 0 Å². The Morgan fingerprint density at radius 3 is 2.00 bits per heavy atom. The molecule has 0 aliphatic heterocycles. The number of hydroxylamine groups is 1. The molecule has 0 saturated carbocycles. The third-order valence-corrected chi connectivity index (χ3v) is 3.46. The van der Waals surface area contributed by atoms with Crippen LogP contribution in [-0.2, 0) is 0 Å². The fourth-order valence-electron chi connectivity index (χ4n) is 0.239. The summed E-state index contributed by atoms with van der Waals surface area (Å²) in [5.74, 6) is 0. The second kappa shape index (κ2) is 3.63. The van der Waals surface area contributed by atoms with Gasteiger partial charge in [-0.25, -0.2) is 0 Å². The van der Waals surface area contributed by atoms with Crippen LogP contribution in [0.5, 0.6) is 0 Å². The quantitative estimate of drug-likeness (QED) is 0.302. The normalized spacial score (nSPS) is 12.4. The predicted octanol–water partition coefficient (Wildman–Crippen LogP) is 1.49. The van der Waals surface area contributed by atoms with Gasteiger partial charge in [0, 0.05) is 0 Å². The molecule has 0 radical (unpaired) electrons. The Kier molecular flexibility index (Phi) is 3.96. The predicted molar refractivity (Wildman–Crippen MR) is 41.6 cm³/mol. The van der Waals surface area contributed by atoms with Crippen LogP contribution in [0, 0.1) is 5.21 Å². The summed E-state index contributed by atoms with van der Waals surface area (Å²) in [4.78, 5) is 4.08. The molecule has 0 aromatic rings. The van der Waals surface area contributed by atoms with Crippen molar-refractivity contribution in [2.24, 2.45) is 0 Å². The Bertz CT molecular complexity index is 49.0. The van der Waals surface area contributed by atoms with Crippen molar-refractivity contribution in [3.8, 4) is 0 Å². The van der Waals surface area contributed by atoms with Gasteiger partial charge in [0.05, 0.1) is 0 Å². The van der Waals surface area contributed by atoms with E-state index >= 15 is 0 Å². The molecule has 46 valence electrons. The summed E-state index contributed by atoms with van der Waals surface area (Å²) in [6.45, 7) is 2.56. The van der Waals surface area contributed by atoms with Gasteiger partial charge in [0.2, 0.25) is 0 Å². The van der Waals surface area contributed by atoms with E-state index in [1.54, 1.807) is 0 Å². The average molecular weight is 216 g/mol. The van der Waals surface area contributed by atoms with Crippen LogP contribution < -0.4 is 0 Å². The van der Waals surface area contributed by atoms with Gasteiger partial charge in [-0.2, -0.15) is 0 Å². The minimum absolute atomic E-state index is 0.665. The van der Waals surface area contributed by atoms with Crippen LogP contribution in [-0.4, -0.2) is 19.7 Å². The molecule has 0 spiro atoms. The summed E-state index contributed by atoms with van der Waals surface area (Å²) in [7, 11) is 0. The van der Waals surface area contributed by atoms with Crippen molar-refractivity contribution in [3.63, 3.8) is 0 Å². The summed E-state index contributed by atoms with van der Waals surface area (Å²) in [5.41, 5.74) is 0. The number of alkyl halides is 2. The van der Waals surface area contributed by atoms with E-state index < -0.39 is 20.1 Å². The zero-order valence-electron chi connectivity index (χ0n) is 4.94. The Balaban J connectivity index is 3.14. The van der Waals surface area contributed by atoms with Gasteiger partial charge < -0.3 is 0 Å². The monoisotopic (exact) mass is 216 g/mol. The van der Waals surface area contributed by atoms with Gasteiger partial charge >= 0.3 is 51.9 Å². The van der Waals surface area contributed by atoms with E-state index in [0.29, 0.717) is 6.54 Å². The van der Waals surface area contributed by atoms with Gasteiger partial charge in [-0.1, -0.05) is 0 Å². The third kappa shape index (κ3) is 3.25. The van der Waals surface area contributed by atoms with Gasteiger partial charge in [-0.15, -0.1) is 0 Å². The van der Waals surface area contributed by atoms with E-state index in [-0.39, 0.29) is 0 Å². The zero-order valence-corrected chi connectivity index (χ0v) is 7.10. The van der Waals surface area contributed by atoms with Crippen molar-refractivity contribution in [3.05, 3.63) is 5.21 Å². The first-order chi connectivity index (χ1) is 3.18. The molecular formula is C4H11INO-. The molecule has 0 aliphatic rings. The van der Waals surface area contributed by atoms with Crippen molar-refractivity contribution in [1.29, 1.82) is 0 Å². The molecule has 0 amide bonds. The van der Waals surface area contributed by atoms with E-state index in [1.807, 2.05) is 16.8 Å². The SMILES string of the molecule is CCN([O-])I(C)C. The Hall–Kier alpha value is 0.650. The summed E-state index contributed by atoms with van der Waals surface area (Å²) in [5, 5.41) is 10.5. The van der Waals surface area contributed by atoms with Crippen molar-refractivity contribution in [1.82, 2.24) is 3.28 Å². The van der Waals surface area contributed by atoms with E-state index in [1.165, 1.54) is 3.28 Å². The van der Waals surface area contributed by atoms with Crippen molar-refractivity contribution in [2.75, 3.05) is 16.4 Å². The third-order valence-electron chi connectivity index (χ3n) is 0.626. The molecule has 2 nitrogen and oxygen atoms in total. The van der Waals surface area contributed by atoms with Crippen molar-refractivity contribution in [2.45, 2.75) is 6.92 Å². The summed E-state index contributed by atoms with van der Waals surface area (Å²) in [6.07, 6.45) is 0. The molecule has 3 heteroatoms. The van der Waals surface area contributed by atoms with E-state index in [9.17, 15) is 5.21 Å². The molecule has 0 saturated heterocycles. The standard InChI is InChI=1S/C4H11INO/c1-4-6(7)5(2)3/h4H2,1-3H3/q-1. The minimum atomic E-state index is -1.13. The molecule has 0 unspecified atom stereocenters. The van der Waals surface area contributed by atoms with E-state index in [0.717, 1.165) is 0 Å². The van der Waals surface area contributed by atoms with Crippen LogP contribution in [0.4, 0.5) is 0 Å². The number of rotatable bonds is 2.